The first kappa shape index (κ1) is 11.9. The average Bonchev–Trinajstić information content (AvgIpc) is 2.82. The van der Waals surface area contributed by atoms with Gasteiger partial charge in [-0.05, 0) is 45.2 Å². The molecule has 0 amide bonds. The number of nitrogens with zero attached hydrogens (tertiary/aromatic N) is 1. The van der Waals surface area contributed by atoms with Crippen LogP contribution in [0.25, 0.3) is 0 Å². The predicted octanol–water partition coefficient (Wildman–Crippen LogP) is 2.06. The molecular formula is C13H23NO2. The molecular weight excluding hydrogens is 202 g/mol. The highest BCUT2D eigenvalue weighted by atomic mass is 16.5. The van der Waals surface area contributed by atoms with Gasteiger partial charge in [-0.15, -0.1) is 0 Å². The van der Waals surface area contributed by atoms with E-state index < -0.39 is 0 Å². The molecule has 2 aliphatic rings. The van der Waals surface area contributed by atoms with Gasteiger partial charge in [-0.3, -0.25) is 4.79 Å². The van der Waals surface area contributed by atoms with Crippen LogP contribution < -0.4 is 0 Å². The molecule has 3 nitrogen and oxygen atoms in total. The Balaban J connectivity index is 1.96. The number of esters is 1. The maximum atomic E-state index is 11.6. The van der Waals surface area contributed by atoms with Crippen molar-refractivity contribution in [3.05, 3.63) is 0 Å². The summed E-state index contributed by atoms with van der Waals surface area (Å²) in [6, 6.07) is 0.611. The van der Waals surface area contributed by atoms with Crippen molar-refractivity contribution in [2.45, 2.75) is 44.6 Å². The zero-order valence-electron chi connectivity index (χ0n) is 10.4. The van der Waals surface area contributed by atoms with Crippen LogP contribution in [0.5, 0.6) is 0 Å². The molecule has 3 heteroatoms. The molecule has 2 fully saturated rings. The standard InChI is InChI=1S/C13H23NO2/c1-14-8-7-11(13(15)16-2)9-12(14)10-5-3-4-6-10/h10-12H,3-9H2,1-2H3. The fourth-order valence-electron chi connectivity index (χ4n) is 3.39. The smallest absolute Gasteiger partial charge is 0.308 e. The molecule has 2 unspecified atom stereocenters. The zero-order chi connectivity index (χ0) is 11.5. The SMILES string of the molecule is COC(=O)C1CCN(C)C(C2CCCC2)C1. The molecule has 1 heterocycles. The molecule has 0 radical (unpaired) electrons. The second-order valence-corrected chi connectivity index (χ2v) is 5.34. The minimum atomic E-state index is -0.00361. The highest BCUT2D eigenvalue weighted by molar-refractivity contribution is 5.72. The van der Waals surface area contributed by atoms with Crippen LogP contribution in [0, 0.1) is 11.8 Å². The molecule has 1 saturated heterocycles. The maximum Gasteiger partial charge on any atom is 0.308 e. The van der Waals surface area contributed by atoms with Crippen molar-refractivity contribution in [1.82, 2.24) is 4.90 Å². The van der Waals surface area contributed by atoms with Crippen LogP contribution in [0.15, 0.2) is 0 Å². The third-order valence-electron chi connectivity index (χ3n) is 4.40. The van der Waals surface area contributed by atoms with Gasteiger partial charge in [0.05, 0.1) is 13.0 Å². The molecule has 2 rings (SSSR count). The van der Waals surface area contributed by atoms with Crippen LogP contribution in [-0.4, -0.2) is 37.6 Å². The van der Waals surface area contributed by atoms with E-state index >= 15 is 0 Å². The summed E-state index contributed by atoms with van der Waals surface area (Å²) < 4.78 is 4.88. The summed E-state index contributed by atoms with van der Waals surface area (Å²) in [5.74, 6) is 0.959. The van der Waals surface area contributed by atoms with Gasteiger partial charge in [-0.25, -0.2) is 0 Å². The Morgan fingerprint density at radius 3 is 2.56 bits per heavy atom. The van der Waals surface area contributed by atoms with E-state index in [4.69, 9.17) is 4.74 Å². The molecule has 0 spiro atoms. The van der Waals surface area contributed by atoms with E-state index in [2.05, 4.69) is 11.9 Å². The molecule has 1 saturated carbocycles. The highest BCUT2D eigenvalue weighted by Gasteiger charge is 2.36. The van der Waals surface area contributed by atoms with E-state index in [0.717, 1.165) is 25.3 Å². The Kier molecular flexibility index (Phi) is 3.85. The van der Waals surface area contributed by atoms with E-state index in [1.165, 1.54) is 32.8 Å². The van der Waals surface area contributed by atoms with Crippen molar-refractivity contribution in [3.63, 3.8) is 0 Å². The number of methoxy groups -OCH3 is 1. The maximum absolute atomic E-state index is 11.6. The van der Waals surface area contributed by atoms with Gasteiger partial charge in [0.2, 0.25) is 0 Å². The quantitative estimate of drug-likeness (QED) is 0.674. The Labute approximate surface area is 98.1 Å². The molecule has 0 aromatic carbocycles. The number of likely N-dealkylation sites (tertiary alicyclic amines) is 1. The third kappa shape index (κ3) is 2.40. The van der Waals surface area contributed by atoms with Crippen LogP contribution in [-0.2, 0) is 9.53 Å². The molecule has 0 bridgehead atoms. The summed E-state index contributed by atoms with van der Waals surface area (Å²) in [6.07, 6.45) is 7.42. The van der Waals surface area contributed by atoms with Gasteiger partial charge in [0.25, 0.3) is 0 Å². The molecule has 1 aliphatic heterocycles. The summed E-state index contributed by atoms with van der Waals surface area (Å²) in [5.41, 5.74) is 0. The number of carbonyl (C=O) groups is 1. The Hall–Kier alpha value is -0.570. The van der Waals surface area contributed by atoms with Crippen LogP contribution in [0.3, 0.4) is 0 Å². The summed E-state index contributed by atoms with van der Waals surface area (Å²) in [7, 11) is 3.71. The molecule has 0 aromatic heterocycles. The number of piperidine rings is 1. The van der Waals surface area contributed by atoms with Crippen LogP contribution in [0.1, 0.15) is 38.5 Å². The van der Waals surface area contributed by atoms with Gasteiger partial charge in [-0.1, -0.05) is 12.8 Å². The number of hydrogen-bond donors (Lipinski definition) is 0. The first-order chi connectivity index (χ1) is 7.72. The van der Waals surface area contributed by atoms with Crippen molar-refractivity contribution in [1.29, 1.82) is 0 Å². The molecule has 2 atom stereocenters. The lowest BCUT2D eigenvalue weighted by Crippen LogP contribution is -2.45. The van der Waals surface area contributed by atoms with Gasteiger partial charge < -0.3 is 9.64 Å². The second kappa shape index (κ2) is 5.17. The first-order valence-corrected chi connectivity index (χ1v) is 6.50. The van der Waals surface area contributed by atoms with Gasteiger partial charge in [0.1, 0.15) is 0 Å². The Morgan fingerprint density at radius 2 is 1.94 bits per heavy atom. The normalized spacial score (nSPS) is 32.9. The molecule has 92 valence electrons. The summed E-state index contributed by atoms with van der Waals surface area (Å²) in [4.78, 5) is 14.0. The minimum Gasteiger partial charge on any atom is -0.469 e. The largest absolute Gasteiger partial charge is 0.469 e. The fourth-order valence-corrected chi connectivity index (χ4v) is 3.39. The minimum absolute atomic E-state index is 0.00361. The molecule has 0 N–H and O–H groups in total. The lowest BCUT2D eigenvalue weighted by atomic mass is 9.83. The molecule has 16 heavy (non-hydrogen) atoms. The Morgan fingerprint density at radius 1 is 1.25 bits per heavy atom. The first-order valence-electron chi connectivity index (χ1n) is 6.50. The van der Waals surface area contributed by atoms with E-state index in [-0.39, 0.29) is 11.9 Å². The van der Waals surface area contributed by atoms with Crippen molar-refractivity contribution in [2.75, 3.05) is 20.7 Å². The molecule has 1 aliphatic carbocycles. The summed E-state index contributed by atoms with van der Waals surface area (Å²) in [6.45, 7) is 1.04. The number of hydrogen-bond acceptors (Lipinski definition) is 3. The van der Waals surface area contributed by atoms with Gasteiger partial charge >= 0.3 is 5.97 Å². The lowest BCUT2D eigenvalue weighted by Gasteiger charge is -2.39. The highest BCUT2D eigenvalue weighted by Crippen LogP contribution is 2.36. The van der Waals surface area contributed by atoms with E-state index in [1.54, 1.807) is 0 Å². The van der Waals surface area contributed by atoms with E-state index in [1.807, 2.05) is 0 Å². The van der Waals surface area contributed by atoms with E-state index in [0.29, 0.717) is 6.04 Å². The topological polar surface area (TPSA) is 29.5 Å². The van der Waals surface area contributed by atoms with Crippen molar-refractivity contribution in [2.24, 2.45) is 11.8 Å². The number of ether oxygens (including phenoxy) is 1. The van der Waals surface area contributed by atoms with Gasteiger partial charge in [0, 0.05) is 6.04 Å². The van der Waals surface area contributed by atoms with Crippen molar-refractivity contribution in [3.8, 4) is 0 Å². The van der Waals surface area contributed by atoms with Gasteiger partial charge in [0.15, 0.2) is 0 Å². The third-order valence-corrected chi connectivity index (χ3v) is 4.40. The van der Waals surface area contributed by atoms with E-state index in [9.17, 15) is 4.79 Å². The fraction of sp³-hybridized carbons (Fsp3) is 0.923. The summed E-state index contributed by atoms with van der Waals surface area (Å²) in [5, 5.41) is 0. The van der Waals surface area contributed by atoms with Crippen LogP contribution in [0.4, 0.5) is 0 Å². The lowest BCUT2D eigenvalue weighted by molar-refractivity contribution is -0.148. The van der Waals surface area contributed by atoms with Crippen LogP contribution in [0.2, 0.25) is 0 Å². The zero-order valence-corrected chi connectivity index (χ0v) is 10.4. The second-order valence-electron chi connectivity index (χ2n) is 5.34. The number of carbonyl (C=O) groups excluding carboxylic acids is 1. The summed E-state index contributed by atoms with van der Waals surface area (Å²) >= 11 is 0. The van der Waals surface area contributed by atoms with Crippen molar-refractivity contribution >= 4 is 5.97 Å². The average molecular weight is 225 g/mol. The number of rotatable bonds is 2. The van der Waals surface area contributed by atoms with Gasteiger partial charge in [-0.2, -0.15) is 0 Å². The monoisotopic (exact) mass is 225 g/mol. The predicted molar refractivity (Wildman–Crippen MR) is 63.1 cm³/mol. The Bertz CT molecular complexity index is 248. The van der Waals surface area contributed by atoms with Crippen LogP contribution >= 0.6 is 0 Å². The van der Waals surface area contributed by atoms with Crippen molar-refractivity contribution < 1.29 is 9.53 Å². The molecule has 0 aromatic rings.